The summed E-state index contributed by atoms with van der Waals surface area (Å²) in [6, 6.07) is 0.495. The van der Waals surface area contributed by atoms with E-state index < -0.39 is 0 Å². The van der Waals surface area contributed by atoms with Crippen molar-refractivity contribution in [2.75, 3.05) is 31.6 Å². The van der Waals surface area contributed by atoms with E-state index in [4.69, 9.17) is 4.74 Å². The van der Waals surface area contributed by atoms with E-state index in [1.165, 1.54) is 12.8 Å². The van der Waals surface area contributed by atoms with Crippen molar-refractivity contribution in [3.63, 3.8) is 0 Å². The van der Waals surface area contributed by atoms with Gasteiger partial charge in [-0.25, -0.2) is 0 Å². The third-order valence-electron chi connectivity index (χ3n) is 3.23. The molecule has 0 spiro atoms. The maximum absolute atomic E-state index is 5.52. The van der Waals surface area contributed by atoms with E-state index in [0.717, 1.165) is 25.3 Å². The number of rotatable bonds is 5. The van der Waals surface area contributed by atoms with E-state index in [2.05, 4.69) is 34.2 Å². The largest absolute Gasteiger partial charge is 0.477 e. The van der Waals surface area contributed by atoms with E-state index in [1.54, 1.807) is 12.4 Å². The molecule has 1 fully saturated rings. The second kappa shape index (κ2) is 6.54. The molecule has 1 atom stereocenters. The van der Waals surface area contributed by atoms with E-state index >= 15 is 0 Å². The van der Waals surface area contributed by atoms with Crippen LogP contribution in [0.15, 0.2) is 12.4 Å². The highest BCUT2D eigenvalue weighted by Crippen LogP contribution is 2.18. The molecule has 0 amide bonds. The number of nitrogens with one attached hydrogen (secondary N) is 1. The van der Waals surface area contributed by atoms with Crippen LogP contribution in [0.1, 0.15) is 26.2 Å². The zero-order valence-corrected chi connectivity index (χ0v) is 11.2. The third kappa shape index (κ3) is 3.32. The first-order chi connectivity index (χ1) is 8.81. The average molecular weight is 250 g/mol. The lowest BCUT2D eigenvalue weighted by atomic mass is 10.1. The maximum Gasteiger partial charge on any atom is 0.234 e. The Morgan fingerprint density at radius 2 is 2.39 bits per heavy atom. The number of nitrogens with zero attached hydrogens (tertiary/aromatic N) is 3. The van der Waals surface area contributed by atoms with Gasteiger partial charge in [-0.05, 0) is 25.8 Å². The van der Waals surface area contributed by atoms with Crippen LogP contribution < -0.4 is 15.0 Å². The molecular formula is C13H22N4O. The molecule has 1 aliphatic rings. The van der Waals surface area contributed by atoms with Crippen molar-refractivity contribution in [1.82, 2.24) is 15.3 Å². The number of anilines is 1. The van der Waals surface area contributed by atoms with Crippen LogP contribution in [-0.2, 0) is 0 Å². The van der Waals surface area contributed by atoms with Crippen molar-refractivity contribution in [2.24, 2.45) is 0 Å². The second-order valence-electron chi connectivity index (χ2n) is 4.68. The summed E-state index contributed by atoms with van der Waals surface area (Å²) >= 11 is 0. The molecule has 1 aromatic rings. The fourth-order valence-electron chi connectivity index (χ4n) is 2.14. The van der Waals surface area contributed by atoms with Crippen molar-refractivity contribution >= 4 is 5.82 Å². The molecule has 18 heavy (non-hydrogen) atoms. The highest BCUT2D eigenvalue weighted by atomic mass is 16.5. The van der Waals surface area contributed by atoms with Crippen LogP contribution in [0.4, 0.5) is 5.82 Å². The van der Waals surface area contributed by atoms with Crippen molar-refractivity contribution in [3.05, 3.63) is 12.4 Å². The molecule has 1 N–H and O–H groups in total. The molecule has 5 nitrogen and oxygen atoms in total. The molecule has 0 bridgehead atoms. The Morgan fingerprint density at radius 1 is 1.50 bits per heavy atom. The Labute approximate surface area is 109 Å². The normalized spacial score (nSPS) is 19.6. The lowest BCUT2D eigenvalue weighted by molar-refractivity contribution is 0.303. The SMILES string of the molecule is CCCOc1cncc(N(C)C2CCCNC2)n1. The van der Waals surface area contributed by atoms with E-state index in [0.29, 0.717) is 18.5 Å². The molecule has 1 aliphatic heterocycles. The van der Waals surface area contributed by atoms with Gasteiger partial charge in [-0.3, -0.25) is 4.98 Å². The van der Waals surface area contributed by atoms with Gasteiger partial charge in [0.25, 0.3) is 0 Å². The van der Waals surface area contributed by atoms with Crippen molar-refractivity contribution < 1.29 is 4.74 Å². The van der Waals surface area contributed by atoms with Gasteiger partial charge in [0.15, 0.2) is 5.82 Å². The highest BCUT2D eigenvalue weighted by molar-refractivity contribution is 5.38. The van der Waals surface area contributed by atoms with E-state index in [-0.39, 0.29) is 0 Å². The smallest absolute Gasteiger partial charge is 0.234 e. The van der Waals surface area contributed by atoms with Crippen LogP contribution in [0.2, 0.25) is 0 Å². The molecule has 2 rings (SSSR count). The molecule has 1 saturated heterocycles. The second-order valence-corrected chi connectivity index (χ2v) is 4.68. The summed E-state index contributed by atoms with van der Waals surface area (Å²) in [4.78, 5) is 10.9. The molecule has 0 aromatic carbocycles. The third-order valence-corrected chi connectivity index (χ3v) is 3.23. The van der Waals surface area contributed by atoms with Crippen LogP contribution in [0.25, 0.3) is 0 Å². The number of ether oxygens (including phenoxy) is 1. The summed E-state index contributed by atoms with van der Waals surface area (Å²) in [5.74, 6) is 1.50. The van der Waals surface area contributed by atoms with Gasteiger partial charge < -0.3 is 15.0 Å². The van der Waals surface area contributed by atoms with Crippen molar-refractivity contribution in [3.8, 4) is 5.88 Å². The molecule has 100 valence electrons. The minimum Gasteiger partial charge on any atom is -0.477 e. The quantitative estimate of drug-likeness (QED) is 0.857. The van der Waals surface area contributed by atoms with Gasteiger partial charge in [0.2, 0.25) is 5.88 Å². The lowest BCUT2D eigenvalue weighted by Crippen LogP contribution is -2.44. The van der Waals surface area contributed by atoms with Gasteiger partial charge in [-0.15, -0.1) is 0 Å². The lowest BCUT2D eigenvalue weighted by Gasteiger charge is -2.32. The first-order valence-corrected chi connectivity index (χ1v) is 6.69. The van der Waals surface area contributed by atoms with Gasteiger partial charge in [0.05, 0.1) is 19.0 Å². The van der Waals surface area contributed by atoms with Crippen LogP contribution in [-0.4, -0.2) is 42.8 Å². The summed E-state index contributed by atoms with van der Waals surface area (Å²) in [6.07, 6.45) is 6.87. The standard InChI is InChI=1S/C13H22N4O/c1-3-7-18-13-10-15-9-12(16-13)17(2)11-5-4-6-14-8-11/h9-11,14H,3-8H2,1-2H3. The minimum atomic E-state index is 0.495. The summed E-state index contributed by atoms with van der Waals surface area (Å²) in [5, 5.41) is 3.41. The minimum absolute atomic E-state index is 0.495. The van der Waals surface area contributed by atoms with E-state index in [9.17, 15) is 0 Å². The van der Waals surface area contributed by atoms with E-state index in [1.807, 2.05) is 0 Å². The molecule has 5 heteroatoms. The number of piperidine rings is 1. The fourth-order valence-corrected chi connectivity index (χ4v) is 2.14. The van der Waals surface area contributed by atoms with Crippen LogP contribution in [0.5, 0.6) is 5.88 Å². The van der Waals surface area contributed by atoms with Crippen LogP contribution in [0.3, 0.4) is 0 Å². The summed E-state index contributed by atoms with van der Waals surface area (Å²) in [7, 11) is 2.07. The Morgan fingerprint density at radius 3 is 3.11 bits per heavy atom. The van der Waals surface area contributed by atoms with Gasteiger partial charge >= 0.3 is 0 Å². The predicted octanol–water partition coefficient (Wildman–Crippen LogP) is 1.45. The zero-order valence-electron chi connectivity index (χ0n) is 11.2. The molecule has 0 aliphatic carbocycles. The van der Waals surface area contributed by atoms with Gasteiger partial charge in [0, 0.05) is 19.6 Å². The fraction of sp³-hybridized carbons (Fsp3) is 0.692. The molecule has 1 aromatic heterocycles. The number of aromatic nitrogens is 2. The monoisotopic (exact) mass is 250 g/mol. The molecule has 2 heterocycles. The van der Waals surface area contributed by atoms with Gasteiger partial charge in [0.1, 0.15) is 0 Å². The topological polar surface area (TPSA) is 50.3 Å². The first-order valence-electron chi connectivity index (χ1n) is 6.69. The molecular weight excluding hydrogens is 228 g/mol. The van der Waals surface area contributed by atoms with Crippen LogP contribution >= 0.6 is 0 Å². The Bertz CT molecular complexity index is 366. The summed E-state index contributed by atoms with van der Waals surface area (Å²) < 4.78 is 5.52. The number of hydrogen-bond acceptors (Lipinski definition) is 5. The highest BCUT2D eigenvalue weighted by Gasteiger charge is 2.19. The van der Waals surface area contributed by atoms with Gasteiger partial charge in [-0.1, -0.05) is 6.92 Å². The summed E-state index contributed by atoms with van der Waals surface area (Å²) in [6.45, 7) is 4.90. The molecule has 0 saturated carbocycles. The number of hydrogen-bond donors (Lipinski definition) is 1. The summed E-state index contributed by atoms with van der Waals surface area (Å²) in [5.41, 5.74) is 0. The zero-order chi connectivity index (χ0) is 12.8. The predicted molar refractivity (Wildman–Crippen MR) is 72.1 cm³/mol. The first kappa shape index (κ1) is 13.1. The van der Waals surface area contributed by atoms with Crippen LogP contribution in [0, 0.1) is 0 Å². The Balaban J connectivity index is 2.02. The maximum atomic E-state index is 5.52. The Kier molecular flexibility index (Phi) is 4.75. The average Bonchev–Trinajstić information content (AvgIpc) is 2.45. The van der Waals surface area contributed by atoms with Crippen molar-refractivity contribution in [2.45, 2.75) is 32.2 Å². The Hall–Kier alpha value is -1.36. The van der Waals surface area contributed by atoms with Gasteiger partial charge in [-0.2, -0.15) is 4.98 Å². The van der Waals surface area contributed by atoms with Crippen molar-refractivity contribution in [1.29, 1.82) is 0 Å². The molecule has 0 radical (unpaired) electrons. The number of likely N-dealkylation sites (N-methyl/N-ethyl adjacent to an activating group) is 1. The molecule has 1 unspecified atom stereocenters.